The fourth-order valence-electron chi connectivity index (χ4n) is 12.0. The van der Waals surface area contributed by atoms with Crippen molar-refractivity contribution < 1.29 is 29.3 Å². The standard InChI is InChI=1S/C45H76O6/c1-9-10-11-12-13-14-15-16-17-18-19-20-28-50-42(49)34(23-21-22-31(2)3)40-36-29-38(48)41-43(6)26-25-37(47)32(4)35(43)24-27-44(41,7)45(36,8)30-39(40)51-33(5)46/h22,32,35-39,41,47-48H,9-21,23-30H2,1-8H3/b40-34-/t32-,35-,36-,37+,38+,39-,41-,43-,44-,45-/m0/s1. The van der Waals surface area contributed by atoms with Gasteiger partial charge in [0.25, 0.3) is 0 Å². The molecule has 0 aromatic heterocycles. The van der Waals surface area contributed by atoms with E-state index in [0.29, 0.717) is 43.8 Å². The van der Waals surface area contributed by atoms with Crippen molar-refractivity contribution in [3.05, 3.63) is 22.8 Å². The lowest BCUT2D eigenvalue weighted by Gasteiger charge is -2.69. The molecule has 4 rings (SSSR count). The number of ether oxygens (including phenoxy) is 2. The van der Waals surface area contributed by atoms with E-state index < -0.39 is 12.2 Å². The highest BCUT2D eigenvalue weighted by Crippen LogP contribution is 2.74. The Hall–Kier alpha value is -1.66. The molecule has 6 heteroatoms. The maximum absolute atomic E-state index is 14.1. The summed E-state index contributed by atoms with van der Waals surface area (Å²) in [4.78, 5) is 26.8. The number of aliphatic hydroxyl groups excluding tert-OH is 2. The van der Waals surface area contributed by atoms with Crippen molar-refractivity contribution in [1.82, 2.24) is 0 Å². The van der Waals surface area contributed by atoms with E-state index in [0.717, 1.165) is 44.1 Å². The van der Waals surface area contributed by atoms with Crippen LogP contribution in [-0.4, -0.2) is 47.1 Å². The van der Waals surface area contributed by atoms with Crippen LogP contribution < -0.4 is 0 Å². The van der Waals surface area contributed by atoms with Gasteiger partial charge in [-0.25, -0.2) is 4.79 Å². The van der Waals surface area contributed by atoms with Crippen molar-refractivity contribution in [2.24, 2.45) is 39.9 Å². The van der Waals surface area contributed by atoms with E-state index in [9.17, 15) is 19.8 Å². The molecule has 292 valence electrons. The predicted molar refractivity (Wildman–Crippen MR) is 207 cm³/mol. The van der Waals surface area contributed by atoms with Gasteiger partial charge in [-0.2, -0.15) is 0 Å². The minimum atomic E-state index is -0.537. The molecule has 4 aliphatic rings. The zero-order chi connectivity index (χ0) is 37.4. The Labute approximate surface area is 312 Å². The van der Waals surface area contributed by atoms with Crippen molar-refractivity contribution in [2.45, 2.75) is 202 Å². The van der Waals surface area contributed by atoms with Gasteiger partial charge in [-0.05, 0) is 117 Å². The summed E-state index contributed by atoms with van der Waals surface area (Å²) >= 11 is 0. The van der Waals surface area contributed by atoms with Crippen LogP contribution in [-0.2, 0) is 19.1 Å². The quantitative estimate of drug-likeness (QED) is 0.0636. The van der Waals surface area contributed by atoms with Gasteiger partial charge in [0.15, 0.2) is 0 Å². The topological polar surface area (TPSA) is 93.1 Å². The Morgan fingerprint density at radius 2 is 1.43 bits per heavy atom. The first-order chi connectivity index (χ1) is 24.2. The van der Waals surface area contributed by atoms with Gasteiger partial charge in [0.05, 0.1) is 18.8 Å². The van der Waals surface area contributed by atoms with Gasteiger partial charge in [0.2, 0.25) is 0 Å². The predicted octanol–water partition coefficient (Wildman–Crippen LogP) is 10.8. The number of rotatable bonds is 18. The van der Waals surface area contributed by atoms with E-state index in [2.05, 4.69) is 54.5 Å². The smallest absolute Gasteiger partial charge is 0.334 e. The van der Waals surface area contributed by atoms with E-state index in [1.54, 1.807) is 0 Å². The van der Waals surface area contributed by atoms with Crippen LogP contribution in [0.5, 0.6) is 0 Å². The van der Waals surface area contributed by atoms with Crippen molar-refractivity contribution in [2.75, 3.05) is 6.61 Å². The normalized spacial score (nSPS) is 36.8. The number of carbonyl (C=O) groups is 2. The maximum Gasteiger partial charge on any atom is 0.334 e. The number of carbonyl (C=O) groups excluding carboxylic acids is 2. The molecule has 0 heterocycles. The lowest BCUT2D eigenvalue weighted by molar-refractivity contribution is -0.234. The molecule has 0 amide bonds. The Kier molecular flexibility index (Phi) is 15.3. The molecule has 0 unspecified atom stereocenters. The van der Waals surface area contributed by atoms with Gasteiger partial charge in [-0.1, -0.05) is 117 Å². The van der Waals surface area contributed by atoms with E-state index in [1.807, 2.05) is 0 Å². The molecule has 0 saturated heterocycles. The van der Waals surface area contributed by atoms with E-state index in [1.165, 1.54) is 76.7 Å². The highest BCUT2D eigenvalue weighted by molar-refractivity contribution is 5.90. The van der Waals surface area contributed by atoms with Gasteiger partial charge < -0.3 is 19.7 Å². The van der Waals surface area contributed by atoms with Crippen molar-refractivity contribution >= 4 is 11.9 Å². The third kappa shape index (κ3) is 9.35. The number of fused-ring (bicyclic) bond motifs is 5. The molecule has 4 saturated carbocycles. The van der Waals surface area contributed by atoms with Gasteiger partial charge >= 0.3 is 11.9 Å². The number of aliphatic hydroxyl groups is 2. The van der Waals surface area contributed by atoms with Crippen molar-refractivity contribution in [1.29, 1.82) is 0 Å². The molecule has 4 aliphatic carbocycles. The first-order valence-electron chi connectivity index (χ1n) is 21.3. The summed E-state index contributed by atoms with van der Waals surface area (Å²) in [6, 6.07) is 0. The molecule has 10 atom stereocenters. The second-order valence-electron chi connectivity index (χ2n) is 18.4. The molecule has 51 heavy (non-hydrogen) atoms. The fraction of sp³-hybridized carbons (Fsp3) is 0.867. The average molecular weight is 713 g/mol. The Morgan fingerprint density at radius 3 is 2.02 bits per heavy atom. The van der Waals surface area contributed by atoms with Crippen molar-refractivity contribution in [3.63, 3.8) is 0 Å². The maximum atomic E-state index is 14.1. The summed E-state index contributed by atoms with van der Waals surface area (Å²) in [5.41, 5.74) is 2.21. The molecule has 6 nitrogen and oxygen atoms in total. The summed E-state index contributed by atoms with van der Waals surface area (Å²) in [7, 11) is 0. The largest absolute Gasteiger partial charge is 0.462 e. The third-order valence-electron chi connectivity index (χ3n) is 14.8. The SMILES string of the molecule is CCCCCCCCCCCCCCOC(=O)/C(CCC=C(C)C)=C1\[C@@H](OC(C)=O)C[C@@]2(C)[C@H]1C[C@@H](O)[C@H]1[C@@]3(C)CC[C@@H](O)[C@@H](C)[C@@H]3CC[C@@]12C. The summed E-state index contributed by atoms with van der Waals surface area (Å²) in [5, 5.41) is 23.1. The fourth-order valence-corrected chi connectivity index (χ4v) is 12.0. The van der Waals surface area contributed by atoms with Crippen LogP contribution in [0.15, 0.2) is 22.8 Å². The van der Waals surface area contributed by atoms with Crippen LogP contribution in [0.4, 0.5) is 0 Å². The van der Waals surface area contributed by atoms with Crippen LogP contribution in [0, 0.1) is 39.9 Å². The van der Waals surface area contributed by atoms with Gasteiger partial charge in [-0.3, -0.25) is 4.79 Å². The zero-order valence-electron chi connectivity index (χ0n) is 34.0. The number of hydrogen-bond donors (Lipinski definition) is 2. The van der Waals surface area contributed by atoms with Crippen LogP contribution in [0.2, 0.25) is 0 Å². The summed E-state index contributed by atoms with van der Waals surface area (Å²) < 4.78 is 12.2. The van der Waals surface area contributed by atoms with Gasteiger partial charge in [0.1, 0.15) is 6.10 Å². The van der Waals surface area contributed by atoms with E-state index >= 15 is 0 Å². The summed E-state index contributed by atoms with van der Waals surface area (Å²) in [6.07, 6.45) is 22.0. The zero-order valence-corrected chi connectivity index (χ0v) is 34.0. The number of esters is 2. The van der Waals surface area contributed by atoms with E-state index in [4.69, 9.17) is 9.47 Å². The van der Waals surface area contributed by atoms with E-state index in [-0.39, 0.29) is 52.0 Å². The molecule has 0 bridgehead atoms. The lowest BCUT2D eigenvalue weighted by atomic mass is 9.36. The molecule has 0 spiro atoms. The third-order valence-corrected chi connectivity index (χ3v) is 14.8. The summed E-state index contributed by atoms with van der Waals surface area (Å²) in [5.74, 6) is -0.0366. The Balaban J connectivity index is 1.51. The van der Waals surface area contributed by atoms with Crippen LogP contribution in [0.25, 0.3) is 0 Å². The monoisotopic (exact) mass is 713 g/mol. The van der Waals surface area contributed by atoms with Crippen LogP contribution in [0.3, 0.4) is 0 Å². The van der Waals surface area contributed by atoms with Crippen LogP contribution >= 0.6 is 0 Å². The van der Waals surface area contributed by atoms with Crippen LogP contribution in [0.1, 0.15) is 184 Å². The first-order valence-corrected chi connectivity index (χ1v) is 21.3. The van der Waals surface area contributed by atoms with Gasteiger partial charge in [0, 0.05) is 12.5 Å². The highest BCUT2D eigenvalue weighted by Gasteiger charge is 2.70. The first kappa shape index (κ1) is 42.1. The number of unbranched alkanes of at least 4 members (excludes halogenated alkanes) is 11. The van der Waals surface area contributed by atoms with Gasteiger partial charge in [-0.15, -0.1) is 0 Å². The molecule has 0 aromatic rings. The molecule has 0 aromatic carbocycles. The minimum Gasteiger partial charge on any atom is -0.462 e. The molecule has 4 fully saturated rings. The average Bonchev–Trinajstić information content (AvgIpc) is 3.34. The summed E-state index contributed by atoms with van der Waals surface area (Å²) in [6.45, 7) is 17.6. The molecular formula is C45H76O6. The molecule has 0 radical (unpaired) electrons. The second kappa shape index (κ2) is 18.6. The lowest BCUT2D eigenvalue weighted by Crippen LogP contribution is -2.65. The van der Waals surface area contributed by atoms with Crippen molar-refractivity contribution in [3.8, 4) is 0 Å². The number of hydrogen-bond acceptors (Lipinski definition) is 6. The molecule has 0 aliphatic heterocycles. The second-order valence-corrected chi connectivity index (χ2v) is 18.4. The Bertz CT molecular complexity index is 1220. The molecular weight excluding hydrogens is 636 g/mol. The highest BCUT2D eigenvalue weighted by atomic mass is 16.5. The molecule has 2 N–H and O–H groups in total. The number of allylic oxidation sites excluding steroid dienone is 2. The Morgan fingerprint density at radius 1 is 0.824 bits per heavy atom. The minimum absolute atomic E-state index is 0.0733.